The second kappa shape index (κ2) is 4.33. The molecule has 0 nitrogen and oxygen atoms in total. The van der Waals surface area contributed by atoms with Crippen LogP contribution in [0.4, 0.5) is 0 Å². The van der Waals surface area contributed by atoms with E-state index in [1.807, 2.05) is 0 Å². The predicted molar refractivity (Wildman–Crippen MR) is 38.6 cm³/mol. The van der Waals surface area contributed by atoms with Crippen LogP contribution in [-0.2, 0) is 16.5 Å². The van der Waals surface area contributed by atoms with Gasteiger partial charge in [-0.15, -0.1) is 0 Å². The molecule has 0 aliphatic rings. The predicted octanol–water partition coefficient (Wildman–Crippen LogP) is 2.89. The molecule has 1 heteroatoms. The monoisotopic (exact) mass is 171 g/mol. The molecule has 59 valence electrons. The molecule has 0 rings (SSSR count). The van der Waals surface area contributed by atoms with Crippen molar-refractivity contribution in [2.45, 2.75) is 34.1 Å². The Labute approximate surface area is 69.3 Å². The van der Waals surface area contributed by atoms with Gasteiger partial charge in [-0.25, -0.2) is 0 Å². The molecule has 0 aliphatic carbocycles. The van der Waals surface area contributed by atoms with E-state index in [1.165, 1.54) is 6.42 Å². The summed E-state index contributed by atoms with van der Waals surface area (Å²) >= 11 is 0. The van der Waals surface area contributed by atoms with Gasteiger partial charge in [0.05, 0.1) is 0 Å². The van der Waals surface area contributed by atoms with Crippen LogP contribution in [0, 0.1) is 18.3 Å². The smallest absolute Gasteiger partial charge is 0 e. The maximum Gasteiger partial charge on any atom is 0 e. The van der Waals surface area contributed by atoms with Crippen LogP contribution >= 0.6 is 0 Å². The minimum Gasteiger partial charge on any atom is -0.0628 e. The van der Waals surface area contributed by atoms with Crippen molar-refractivity contribution in [3.05, 3.63) is 6.92 Å². The van der Waals surface area contributed by atoms with Crippen LogP contribution in [0.25, 0.3) is 0 Å². The van der Waals surface area contributed by atoms with Crippen molar-refractivity contribution in [3.63, 3.8) is 0 Å². The fraction of sp³-hybridized carbons (Fsp3) is 0.875. The zero-order valence-electron chi connectivity index (χ0n) is 6.81. The van der Waals surface area contributed by atoms with Gasteiger partial charge in [-0.05, 0) is 24.7 Å². The quantitative estimate of drug-likeness (QED) is 0.561. The standard InChI is InChI=1S/C8H17.Ni/c1-7(2)6-8(3,4)5;/h7H,3,6H2,1-2,4-5H3;. The molecule has 0 bridgehead atoms. The topological polar surface area (TPSA) is 0 Å². The van der Waals surface area contributed by atoms with E-state index in [4.69, 9.17) is 0 Å². The van der Waals surface area contributed by atoms with Crippen LogP contribution in [0.15, 0.2) is 0 Å². The van der Waals surface area contributed by atoms with E-state index in [0.717, 1.165) is 5.92 Å². The summed E-state index contributed by atoms with van der Waals surface area (Å²) < 4.78 is 0. The molecule has 0 saturated carbocycles. The summed E-state index contributed by atoms with van der Waals surface area (Å²) in [7, 11) is 0. The molecule has 0 saturated heterocycles. The molecule has 0 atom stereocenters. The van der Waals surface area contributed by atoms with Crippen LogP contribution in [0.5, 0.6) is 0 Å². The zero-order valence-corrected chi connectivity index (χ0v) is 7.80. The molecule has 0 aliphatic heterocycles. The first-order valence-corrected chi connectivity index (χ1v) is 3.27. The summed E-state index contributed by atoms with van der Waals surface area (Å²) in [6.45, 7) is 12.8. The van der Waals surface area contributed by atoms with E-state index >= 15 is 0 Å². The molecule has 0 fully saturated rings. The van der Waals surface area contributed by atoms with E-state index in [2.05, 4.69) is 34.6 Å². The van der Waals surface area contributed by atoms with Crippen molar-refractivity contribution in [2.75, 3.05) is 0 Å². The van der Waals surface area contributed by atoms with E-state index < -0.39 is 0 Å². The number of hydrogen-bond donors (Lipinski definition) is 0. The van der Waals surface area contributed by atoms with E-state index in [0.29, 0.717) is 0 Å². The third kappa shape index (κ3) is 11.9. The molecular weight excluding hydrogens is 155 g/mol. The average Bonchev–Trinajstić information content (AvgIpc) is 1.21. The first-order valence-electron chi connectivity index (χ1n) is 3.27. The van der Waals surface area contributed by atoms with Gasteiger partial charge in [0.15, 0.2) is 0 Å². The fourth-order valence-electron chi connectivity index (χ4n) is 1.11. The van der Waals surface area contributed by atoms with Gasteiger partial charge < -0.3 is 0 Å². The van der Waals surface area contributed by atoms with Crippen LogP contribution in [0.3, 0.4) is 0 Å². The third-order valence-electron chi connectivity index (χ3n) is 0.961. The second-order valence-corrected chi connectivity index (χ2v) is 3.76. The number of hydrogen-bond acceptors (Lipinski definition) is 0. The summed E-state index contributed by atoms with van der Waals surface area (Å²) in [6, 6.07) is 0. The Hall–Kier alpha value is 0.494. The summed E-state index contributed by atoms with van der Waals surface area (Å²) in [5, 5.41) is 0. The summed E-state index contributed by atoms with van der Waals surface area (Å²) in [4.78, 5) is 0. The molecule has 0 unspecified atom stereocenters. The maximum absolute atomic E-state index is 4.01. The Morgan fingerprint density at radius 1 is 1.33 bits per heavy atom. The molecule has 1 radical (unpaired) electrons. The minimum atomic E-state index is 0. The summed E-state index contributed by atoms with van der Waals surface area (Å²) in [5.74, 6) is 0.780. The molecule has 0 heterocycles. The van der Waals surface area contributed by atoms with E-state index in [-0.39, 0.29) is 21.9 Å². The molecule has 0 aromatic carbocycles. The first kappa shape index (κ1) is 12.2. The Bertz CT molecular complexity index is 59.5. The van der Waals surface area contributed by atoms with Gasteiger partial charge in [0.1, 0.15) is 0 Å². The maximum atomic E-state index is 4.01. The second-order valence-electron chi connectivity index (χ2n) is 3.76. The van der Waals surface area contributed by atoms with Crippen LogP contribution < -0.4 is 0 Å². The van der Waals surface area contributed by atoms with Gasteiger partial charge in [-0.2, -0.15) is 0 Å². The SMILES string of the molecule is [CH2]C(C)(C)CC(C)C.[Ni]. The Morgan fingerprint density at radius 2 is 1.67 bits per heavy atom. The van der Waals surface area contributed by atoms with Crippen LogP contribution in [0.2, 0.25) is 0 Å². The van der Waals surface area contributed by atoms with Crippen molar-refractivity contribution >= 4 is 0 Å². The van der Waals surface area contributed by atoms with Crippen molar-refractivity contribution in [3.8, 4) is 0 Å². The molecular formula is C8H17Ni. The van der Waals surface area contributed by atoms with Crippen molar-refractivity contribution in [1.29, 1.82) is 0 Å². The Morgan fingerprint density at radius 3 is 1.67 bits per heavy atom. The van der Waals surface area contributed by atoms with E-state index in [1.54, 1.807) is 0 Å². The van der Waals surface area contributed by atoms with Gasteiger partial charge in [0.25, 0.3) is 0 Å². The Kier molecular flexibility index (Phi) is 5.87. The first-order chi connectivity index (χ1) is 3.42. The van der Waals surface area contributed by atoms with Crippen molar-refractivity contribution in [1.82, 2.24) is 0 Å². The van der Waals surface area contributed by atoms with Crippen molar-refractivity contribution in [2.24, 2.45) is 11.3 Å². The van der Waals surface area contributed by atoms with Crippen LogP contribution in [0.1, 0.15) is 34.1 Å². The molecule has 9 heavy (non-hydrogen) atoms. The van der Waals surface area contributed by atoms with E-state index in [9.17, 15) is 0 Å². The van der Waals surface area contributed by atoms with Crippen molar-refractivity contribution < 1.29 is 16.5 Å². The van der Waals surface area contributed by atoms with Gasteiger partial charge in [-0.3, -0.25) is 0 Å². The Balaban J connectivity index is 0. The number of rotatable bonds is 2. The summed E-state index contributed by atoms with van der Waals surface area (Å²) in [5.41, 5.74) is 0.272. The molecule has 0 N–H and O–H groups in total. The fourth-order valence-corrected chi connectivity index (χ4v) is 1.11. The summed E-state index contributed by atoms with van der Waals surface area (Å²) in [6.07, 6.45) is 1.22. The molecule has 0 aromatic heterocycles. The van der Waals surface area contributed by atoms with Gasteiger partial charge in [0, 0.05) is 16.5 Å². The van der Waals surface area contributed by atoms with Gasteiger partial charge in [-0.1, -0.05) is 27.7 Å². The molecule has 0 amide bonds. The zero-order chi connectivity index (χ0) is 6.78. The normalized spacial score (nSPS) is 11.3. The molecule has 0 spiro atoms. The van der Waals surface area contributed by atoms with Gasteiger partial charge in [0.2, 0.25) is 0 Å². The molecule has 0 aromatic rings. The average molecular weight is 172 g/mol. The largest absolute Gasteiger partial charge is 0.0628 e. The third-order valence-corrected chi connectivity index (χ3v) is 0.961. The van der Waals surface area contributed by atoms with Gasteiger partial charge >= 0.3 is 0 Å². The minimum absolute atomic E-state index is 0. The van der Waals surface area contributed by atoms with Crippen LogP contribution in [-0.4, -0.2) is 0 Å².